The van der Waals surface area contributed by atoms with Gasteiger partial charge in [-0.25, -0.2) is 4.39 Å². The second-order valence-corrected chi connectivity index (χ2v) is 5.52. The Hall–Kier alpha value is -0.640. The maximum absolute atomic E-state index is 13.2. The fourth-order valence-electron chi connectivity index (χ4n) is 2.99. The maximum Gasteiger partial charge on any atom is 0.123 e. The largest absolute Gasteiger partial charge is 0.316 e. The fraction of sp³-hybridized carbons (Fsp3) is 0.538. The quantitative estimate of drug-likeness (QED) is 0.870. The molecule has 0 unspecified atom stereocenters. The summed E-state index contributed by atoms with van der Waals surface area (Å²) in [6.45, 7) is 5.22. The number of fused-ring (bicyclic) bond motifs is 1. The number of likely N-dealkylation sites (tertiary alicyclic amines) is 1. The summed E-state index contributed by atoms with van der Waals surface area (Å²) < 4.78 is 13.2. The molecule has 0 aromatic heterocycles. The number of rotatable bonds is 2. The second kappa shape index (κ2) is 4.56. The van der Waals surface area contributed by atoms with Crippen LogP contribution in [0.15, 0.2) is 18.2 Å². The van der Waals surface area contributed by atoms with Gasteiger partial charge in [-0.1, -0.05) is 11.6 Å². The summed E-state index contributed by atoms with van der Waals surface area (Å²) >= 11 is 6.09. The molecule has 4 heteroatoms. The highest BCUT2D eigenvalue weighted by atomic mass is 35.5. The van der Waals surface area contributed by atoms with Crippen LogP contribution in [0.2, 0.25) is 5.02 Å². The lowest BCUT2D eigenvalue weighted by Crippen LogP contribution is -2.25. The molecule has 1 aromatic carbocycles. The molecular weight excluding hydrogens is 239 g/mol. The predicted molar refractivity (Wildman–Crippen MR) is 66.5 cm³/mol. The minimum absolute atomic E-state index is 0.203. The van der Waals surface area contributed by atoms with E-state index in [1.807, 2.05) is 0 Å². The molecule has 3 rings (SSSR count). The summed E-state index contributed by atoms with van der Waals surface area (Å²) in [6, 6.07) is 4.60. The lowest BCUT2D eigenvalue weighted by molar-refractivity contribution is 0.305. The van der Waals surface area contributed by atoms with E-state index in [0.717, 1.165) is 50.1 Å². The van der Waals surface area contributed by atoms with E-state index >= 15 is 0 Å². The van der Waals surface area contributed by atoms with E-state index in [9.17, 15) is 4.39 Å². The topological polar surface area (TPSA) is 15.3 Å². The van der Waals surface area contributed by atoms with Crippen molar-refractivity contribution in [3.63, 3.8) is 0 Å². The van der Waals surface area contributed by atoms with Crippen LogP contribution in [0.3, 0.4) is 0 Å². The first-order chi connectivity index (χ1) is 8.22. The molecule has 1 N–H and O–H groups in total. The third kappa shape index (κ3) is 2.32. The average molecular weight is 255 g/mol. The minimum atomic E-state index is -0.203. The van der Waals surface area contributed by atoms with Gasteiger partial charge in [-0.05, 0) is 48.7 Å². The van der Waals surface area contributed by atoms with Crippen LogP contribution in [0.25, 0.3) is 0 Å². The molecule has 2 atom stereocenters. The number of hydrogen-bond donors (Lipinski definition) is 1. The first kappa shape index (κ1) is 11.5. The van der Waals surface area contributed by atoms with Crippen molar-refractivity contribution >= 4 is 11.6 Å². The minimum Gasteiger partial charge on any atom is -0.316 e. The van der Waals surface area contributed by atoms with Gasteiger partial charge in [-0.2, -0.15) is 0 Å². The monoisotopic (exact) mass is 254 g/mol. The SMILES string of the molecule is Fc1ccc(Cl)c(CN2C[C@H]3CNC[C@H]3C2)c1. The molecule has 0 radical (unpaired) electrons. The Balaban J connectivity index is 1.69. The molecular formula is C13H16ClFN2. The van der Waals surface area contributed by atoms with Crippen molar-refractivity contribution < 1.29 is 4.39 Å². The summed E-state index contributed by atoms with van der Waals surface area (Å²) in [4.78, 5) is 2.39. The Morgan fingerprint density at radius 2 is 2.00 bits per heavy atom. The Morgan fingerprint density at radius 3 is 2.71 bits per heavy atom. The van der Waals surface area contributed by atoms with Crippen LogP contribution in [0, 0.1) is 17.7 Å². The van der Waals surface area contributed by atoms with E-state index in [-0.39, 0.29) is 5.82 Å². The molecule has 2 heterocycles. The molecule has 2 aliphatic rings. The molecule has 92 valence electrons. The van der Waals surface area contributed by atoms with Gasteiger partial charge in [0.15, 0.2) is 0 Å². The van der Waals surface area contributed by atoms with Gasteiger partial charge in [0.05, 0.1) is 0 Å². The summed E-state index contributed by atoms with van der Waals surface area (Å²) in [6.07, 6.45) is 0. The normalized spacial score (nSPS) is 28.6. The maximum atomic E-state index is 13.2. The van der Waals surface area contributed by atoms with Crippen molar-refractivity contribution in [2.24, 2.45) is 11.8 Å². The fourth-order valence-corrected chi connectivity index (χ4v) is 3.16. The van der Waals surface area contributed by atoms with Gasteiger partial charge in [0, 0.05) is 24.7 Å². The number of nitrogens with one attached hydrogen (secondary N) is 1. The van der Waals surface area contributed by atoms with Gasteiger partial charge in [0.2, 0.25) is 0 Å². The molecule has 0 aliphatic carbocycles. The Kier molecular flexibility index (Phi) is 3.07. The van der Waals surface area contributed by atoms with E-state index in [0.29, 0.717) is 5.02 Å². The molecule has 0 spiro atoms. The van der Waals surface area contributed by atoms with E-state index < -0.39 is 0 Å². The summed E-state index contributed by atoms with van der Waals surface area (Å²) in [7, 11) is 0. The van der Waals surface area contributed by atoms with Gasteiger partial charge in [0.1, 0.15) is 5.82 Å². The van der Waals surface area contributed by atoms with Crippen LogP contribution >= 0.6 is 11.6 Å². The van der Waals surface area contributed by atoms with Crippen molar-refractivity contribution in [1.82, 2.24) is 10.2 Å². The third-order valence-electron chi connectivity index (χ3n) is 3.87. The zero-order valence-corrected chi connectivity index (χ0v) is 10.4. The van der Waals surface area contributed by atoms with Crippen molar-refractivity contribution in [3.05, 3.63) is 34.6 Å². The highest BCUT2D eigenvalue weighted by molar-refractivity contribution is 6.31. The first-order valence-corrected chi connectivity index (χ1v) is 6.47. The molecule has 2 aliphatic heterocycles. The van der Waals surface area contributed by atoms with Gasteiger partial charge in [-0.3, -0.25) is 4.90 Å². The van der Waals surface area contributed by atoms with Crippen LogP contribution in [0.5, 0.6) is 0 Å². The smallest absolute Gasteiger partial charge is 0.123 e. The summed E-state index contributed by atoms with van der Waals surface area (Å²) in [5.41, 5.74) is 0.902. The summed E-state index contributed by atoms with van der Waals surface area (Å²) in [5.74, 6) is 1.33. The Morgan fingerprint density at radius 1 is 1.29 bits per heavy atom. The van der Waals surface area contributed by atoms with Crippen LogP contribution in [-0.2, 0) is 6.54 Å². The van der Waals surface area contributed by atoms with Crippen molar-refractivity contribution in [2.75, 3.05) is 26.2 Å². The molecule has 2 nitrogen and oxygen atoms in total. The third-order valence-corrected chi connectivity index (χ3v) is 4.24. The zero-order chi connectivity index (χ0) is 11.8. The van der Waals surface area contributed by atoms with Gasteiger partial charge < -0.3 is 5.32 Å². The Labute approximate surface area is 106 Å². The highest BCUT2D eigenvalue weighted by Gasteiger charge is 2.35. The number of halogens is 2. The molecule has 1 aromatic rings. The zero-order valence-electron chi connectivity index (χ0n) is 9.63. The number of hydrogen-bond acceptors (Lipinski definition) is 2. The van der Waals surface area contributed by atoms with Crippen molar-refractivity contribution in [2.45, 2.75) is 6.54 Å². The van der Waals surface area contributed by atoms with Crippen molar-refractivity contribution in [3.8, 4) is 0 Å². The molecule has 2 fully saturated rings. The van der Waals surface area contributed by atoms with Crippen LogP contribution < -0.4 is 5.32 Å². The Bertz CT molecular complexity index is 412. The second-order valence-electron chi connectivity index (χ2n) is 5.11. The molecule has 0 amide bonds. The first-order valence-electron chi connectivity index (χ1n) is 6.09. The number of benzene rings is 1. The highest BCUT2D eigenvalue weighted by Crippen LogP contribution is 2.28. The molecule has 0 saturated carbocycles. The lowest BCUT2D eigenvalue weighted by Gasteiger charge is -2.17. The van der Waals surface area contributed by atoms with Gasteiger partial charge in [0.25, 0.3) is 0 Å². The molecule has 0 bridgehead atoms. The predicted octanol–water partition coefficient (Wildman–Crippen LogP) is 2.13. The van der Waals surface area contributed by atoms with Crippen LogP contribution in [0.4, 0.5) is 4.39 Å². The standard InChI is InChI=1S/C13H16ClFN2/c14-13-2-1-12(15)3-9(13)6-17-7-10-4-16-5-11(10)8-17/h1-3,10-11,16H,4-8H2/t10-,11+. The molecule has 17 heavy (non-hydrogen) atoms. The van der Waals surface area contributed by atoms with E-state index in [1.54, 1.807) is 12.1 Å². The van der Waals surface area contributed by atoms with Crippen molar-refractivity contribution in [1.29, 1.82) is 0 Å². The van der Waals surface area contributed by atoms with E-state index in [1.165, 1.54) is 6.07 Å². The number of nitrogens with zero attached hydrogens (tertiary/aromatic N) is 1. The average Bonchev–Trinajstić information content (AvgIpc) is 2.83. The van der Waals surface area contributed by atoms with E-state index in [2.05, 4.69) is 10.2 Å². The summed E-state index contributed by atoms with van der Waals surface area (Å²) in [5, 5.41) is 4.08. The van der Waals surface area contributed by atoms with Crippen LogP contribution in [-0.4, -0.2) is 31.1 Å². The lowest BCUT2D eigenvalue weighted by atomic mass is 10.0. The van der Waals surface area contributed by atoms with Gasteiger partial charge >= 0.3 is 0 Å². The van der Waals surface area contributed by atoms with E-state index in [4.69, 9.17) is 11.6 Å². The van der Waals surface area contributed by atoms with Gasteiger partial charge in [-0.15, -0.1) is 0 Å². The molecule has 2 saturated heterocycles. The van der Waals surface area contributed by atoms with Crippen LogP contribution in [0.1, 0.15) is 5.56 Å².